The minimum Gasteiger partial charge on any atom is -0.342 e. The summed E-state index contributed by atoms with van der Waals surface area (Å²) in [6.07, 6.45) is 0. The number of nitrogens with one attached hydrogen (secondary N) is 2. The van der Waals surface area contributed by atoms with Crippen molar-refractivity contribution in [2.45, 2.75) is 38.5 Å². The number of benzene rings is 2. The summed E-state index contributed by atoms with van der Waals surface area (Å²) in [7, 11) is 0. The average molecular weight is 608 g/mol. The van der Waals surface area contributed by atoms with Crippen molar-refractivity contribution in [3.8, 4) is 0 Å². The molecule has 3 rings (SSSR count). The number of amides is 2. The fraction of sp³-hybridized carbons (Fsp3) is 0.304. The fourth-order valence-corrected chi connectivity index (χ4v) is 4.48. The first kappa shape index (κ1) is 26.6. The van der Waals surface area contributed by atoms with E-state index in [1.807, 2.05) is 49.6 Å². The third-order valence-electron chi connectivity index (χ3n) is 5.07. The SMILES string of the molecule is CCn1c(SCC(=O)Nc2ccc(I)cc2)nnc1[C@H](NC(=O)c1cccc([N+](=O)[O-])c1)C(C)C. The van der Waals surface area contributed by atoms with Crippen LogP contribution in [0, 0.1) is 19.6 Å². The second-order valence-electron chi connectivity index (χ2n) is 7.93. The standard InChI is InChI=1S/C23H25IN6O4S/c1-4-29-21(20(14(2)3)26-22(32)15-6-5-7-18(12-15)30(33)34)27-28-23(29)35-13-19(31)25-17-10-8-16(24)9-11-17/h5-12,14,20H,4,13H2,1-3H3,(H,25,31)(H,26,32)/t20-/m1/s1. The van der Waals surface area contributed by atoms with Crippen LogP contribution in [0.15, 0.2) is 53.7 Å². The summed E-state index contributed by atoms with van der Waals surface area (Å²) in [5.41, 5.74) is 0.754. The van der Waals surface area contributed by atoms with Crippen LogP contribution in [0.4, 0.5) is 11.4 Å². The molecule has 2 N–H and O–H groups in total. The van der Waals surface area contributed by atoms with E-state index in [1.54, 1.807) is 0 Å². The number of thioether (sulfide) groups is 1. The zero-order valence-electron chi connectivity index (χ0n) is 19.4. The van der Waals surface area contributed by atoms with E-state index in [2.05, 4.69) is 43.4 Å². The van der Waals surface area contributed by atoms with Crippen molar-refractivity contribution < 1.29 is 14.5 Å². The third-order valence-corrected chi connectivity index (χ3v) is 6.76. The predicted octanol–water partition coefficient (Wildman–Crippen LogP) is 4.67. The molecule has 1 atom stereocenters. The molecule has 0 unspecified atom stereocenters. The number of rotatable bonds is 10. The summed E-state index contributed by atoms with van der Waals surface area (Å²) in [6, 6.07) is 12.6. The van der Waals surface area contributed by atoms with Crippen LogP contribution in [0.5, 0.6) is 0 Å². The molecule has 0 fully saturated rings. The Morgan fingerprint density at radius 1 is 1.17 bits per heavy atom. The molecule has 184 valence electrons. The number of carbonyl (C=O) groups excluding carboxylic acids is 2. The lowest BCUT2D eigenvalue weighted by Crippen LogP contribution is -2.33. The van der Waals surface area contributed by atoms with Gasteiger partial charge in [-0.3, -0.25) is 19.7 Å². The molecule has 0 aliphatic rings. The number of nitro benzene ring substituents is 1. The summed E-state index contributed by atoms with van der Waals surface area (Å²) in [6.45, 7) is 6.35. The van der Waals surface area contributed by atoms with Gasteiger partial charge in [0.15, 0.2) is 11.0 Å². The summed E-state index contributed by atoms with van der Waals surface area (Å²) in [5, 5.41) is 26.0. The Bertz CT molecular complexity index is 1210. The summed E-state index contributed by atoms with van der Waals surface area (Å²) < 4.78 is 2.94. The van der Waals surface area contributed by atoms with Gasteiger partial charge in [0.05, 0.1) is 16.7 Å². The van der Waals surface area contributed by atoms with E-state index in [-0.39, 0.29) is 28.8 Å². The number of non-ortho nitro benzene ring substituents is 1. The van der Waals surface area contributed by atoms with E-state index in [0.29, 0.717) is 17.5 Å². The number of nitrogens with zero attached hydrogens (tertiary/aromatic N) is 4. The maximum absolute atomic E-state index is 12.9. The van der Waals surface area contributed by atoms with E-state index >= 15 is 0 Å². The molecule has 10 nitrogen and oxygen atoms in total. The lowest BCUT2D eigenvalue weighted by atomic mass is 10.0. The average Bonchev–Trinajstić information content (AvgIpc) is 3.24. The maximum atomic E-state index is 12.9. The first-order valence-corrected chi connectivity index (χ1v) is 12.9. The van der Waals surface area contributed by atoms with Gasteiger partial charge in [-0.2, -0.15) is 0 Å². The van der Waals surface area contributed by atoms with Crippen molar-refractivity contribution in [2.75, 3.05) is 11.1 Å². The molecule has 12 heteroatoms. The van der Waals surface area contributed by atoms with Crippen LogP contribution in [-0.2, 0) is 11.3 Å². The van der Waals surface area contributed by atoms with Crippen LogP contribution < -0.4 is 10.6 Å². The van der Waals surface area contributed by atoms with Crippen molar-refractivity contribution in [2.24, 2.45) is 5.92 Å². The smallest absolute Gasteiger partial charge is 0.270 e. The second-order valence-corrected chi connectivity index (χ2v) is 10.1. The van der Waals surface area contributed by atoms with Gasteiger partial charge >= 0.3 is 0 Å². The summed E-state index contributed by atoms with van der Waals surface area (Å²) in [5.74, 6) is 0.0687. The Morgan fingerprint density at radius 3 is 2.51 bits per heavy atom. The lowest BCUT2D eigenvalue weighted by molar-refractivity contribution is -0.384. The van der Waals surface area contributed by atoms with Gasteiger partial charge in [-0.15, -0.1) is 10.2 Å². The highest BCUT2D eigenvalue weighted by molar-refractivity contribution is 14.1. The number of hydrogen-bond donors (Lipinski definition) is 2. The molecular formula is C23H25IN6O4S. The number of anilines is 1. The monoisotopic (exact) mass is 608 g/mol. The number of aromatic nitrogens is 3. The molecule has 0 saturated carbocycles. The molecule has 0 spiro atoms. The van der Waals surface area contributed by atoms with Crippen molar-refractivity contribution in [3.63, 3.8) is 0 Å². The molecular weight excluding hydrogens is 583 g/mol. The van der Waals surface area contributed by atoms with Crippen LogP contribution >= 0.6 is 34.4 Å². The van der Waals surface area contributed by atoms with Gasteiger partial charge in [0.25, 0.3) is 11.6 Å². The predicted molar refractivity (Wildman–Crippen MR) is 142 cm³/mol. The number of hydrogen-bond acceptors (Lipinski definition) is 7. The molecule has 35 heavy (non-hydrogen) atoms. The molecule has 2 amide bonds. The highest BCUT2D eigenvalue weighted by Crippen LogP contribution is 2.26. The van der Waals surface area contributed by atoms with Gasteiger partial charge < -0.3 is 15.2 Å². The Kier molecular flexibility index (Phi) is 9.20. The molecule has 2 aromatic carbocycles. The van der Waals surface area contributed by atoms with Gasteiger partial charge in [0.1, 0.15) is 0 Å². The van der Waals surface area contributed by atoms with Crippen LogP contribution in [0.2, 0.25) is 0 Å². The van der Waals surface area contributed by atoms with Crippen LogP contribution in [0.25, 0.3) is 0 Å². The van der Waals surface area contributed by atoms with Gasteiger partial charge in [-0.05, 0) is 65.8 Å². The third kappa shape index (κ3) is 7.01. The molecule has 0 aliphatic heterocycles. The summed E-state index contributed by atoms with van der Waals surface area (Å²) >= 11 is 3.46. The first-order chi connectivity index (χ1) is 16.7. The van der Waals surface area contributed by atoms with Crippen LogP contribution in [0.1, 0.15) is 43.0 Å². The lowest BCUT2D eigenvalue weighted by Gasteiger charge is -2.22. The Labute approximate surface area is 220 Å². The quantitative estimate of drug-likeness (QED) is 0.148. The fourth-order valence-electron chi connectivity index (χ4n) is 3.31. The zero-order chi connectivity index (χ0) is 25.5. The normalized spacial score (nSPS) is 11.8. The zero-order valence-corrected chi connectivity index (χ0v) is 22.4. The van der Waals surface area contributed by atoms with Crippen molar-refractivity contribution in [1.29, 1.82) is 0 Å². The highest BCUT2D eigenvalue weighted by atomic mass is 127. The molecule has 0 radical (unpaired) electrons. The highest BCUT2D eigenvalue weighted by Gasteiger charge is 2.26. The van der Waals surface area contributed by atoms with E-state index in [9.17, 15) is 19.7 Å². The summed E-state index contributed by atoms with van der Waals surface area (Å²) in [4.78, 5) is 35.8. The Balaban J connectivity index is 1.72. The molecule has 1 aromatic heterocycles. The Morgan fingerprint density at radius 2 is 1.89 bits per heavy atom. The van der Waals surface area contributed by atoms with Crippen LogP contribution in [-0.4, -0.2) is 37.3 Å². The largest absolute Gasteiger partial charge is 0.342 e. The first-order valence-electron chi connectivity index (χ1n) is 10.9. The Hall–Kier alpha value is -3.00. The van der Waals surface area contributed by atoms with Crippen LogP contribution in [0.3, 0.4) is 0 Å². The van der Waals surface area contributed by atoms with E-state index < -0.39 is 16.9 Å². The van der Waals surface area contributed by atoms with Gasteiger partial charge in [0.2, 0.25) is 5.91 Å². The van der Waals surface area contributed by atoms with E-state index in [4.69, 9.17) is 0 Å². The van der Waals surface area contributed by atoms with E-state index in [0.717, 1.165) is 9.26 Å². The van der Waals surface area contributed by atoms with Gasteiger partial charge in [-0.25, -0.2) is 0 Å². The van der Waals surface area contributed by atoms with Crippen molar-refractivity contribution in [1.82, 2.24) is 20.1 Å². The maximum Gasteiger partial charge on any atom is 0.270 e. The molecule has 0 saturated heterocycles. The molecule has 3 aromatic rings. The topological polar surface area (TPSA) is 132 Å². The van der Waals surface area contributed by atoms with E-state index in [1.165, 1.54) is 36.0 Å². The van der Waals surface area contributed by atoms with Crippen molar-refractivity contribution >= 4 is 57.5 Å². The number of halogens is 1. The minimum atomic E-state index is -0.539. The number of nitro groups is 1. The van der Waals surface area contributed by atoms with Crippen molar-refractivity contribution in [3.05, 3.63) is 73.6 Å². The second kappa shape index (κ2) is 12.1. The minimum absolute atomic E-state index is 0.0332. The molecule has 0 bridgehead atoms. The van der Waals surface area contributed by atoms with Gasteiger partial charge in [-0.1, -0.05) is 31.7 Å². The van der Waals surface area contributed by atoms with Gasteiger partial charge in [0, 0.05) is 33.5 Å². The number of carbonyl (C=O) groups is 2. The molecule has 1 heterocycles. The molecule has 0 aliphatic carbocycles.